The monoisotopic (exact) mass is 299 g/mol. The molecule has 0 radical (unpaired) electrons. The minimum Gasteiger partial charge on any atom is -0.394 e. The van der Waals surface area contributed by atoms with Crippen LogP contribution in [0.5, 0.6) is 0 Å². The van der Waals surface area contributed by atoms with E-state index < -0.39 is 6.10 Å². The van der Waals surface area contributed by atoms with Crippen LogP contribution in [0, 0.1) is 0 Å². The van der Waals surface area contributed by atoms with E-state index in [4.69, 9.17) is 0 Å². The summed E-state index contributed by atoms with van der Waals surface area (Å²) in [6, 6.07) is 18.2. The van der Waals surface area contributed by atoms with Crippen molar-refractivity contribution in [2.45, 2.75) is 31.9 Å². The Bertz CT molecular complexity index is 564. The molecule has 3 heteroatoms. The van der Waals surface area contributed by atoms with E-state index in [1.165, 1.54) is 5.56 Å². The smallest absolute Gasteiger partial charge is 0.0802 e. The number of aliphatic hydroxyl groups is 2. The highest BCUT2D eigenvalue weighted by Gasteiger charge is 2.16. The van der Waals surface area contributed by atoms with Gasteiger partial charge in [0.2, 0.25) is 0 Å². The van der Waals surface area contributed by atoms with Gasteiger partial charge in [-0.3, -0.25) is 0 Å². The first-order valence-corrected chi connectivity index (χ1v) is 7.71. The second-order valence-electron chi connectivity index (χ2n) is 6.26. The predicted molar refractivity (Wildman–Crippen MR) is 90.6 cm³/mol. The van der Waals surface area contributed by atoms with Gasteiger partial charge in [0.05, 0.1) is 12.7 Å². The molecule has 0 aromatic heterocycles. The molecule has 0 heterocycles. The van der Waals surface area contributed by atoms with E-state index >= 15 is 0 Å². The third-order valence-corrected chi connectivity index (χ3v) is 3.82. The first kappa shape index (κ1) is 16.7. The summed E-state index contributed by atoms with van der Waals surface area (Å²) in [5.41, 5.74) is 2.94. The molecule has 0 bridgehead atoms. The first-order valence-electron chi connectivity index (χ1n) is 7.71. The lowest BCUT2D eigenvalue weighted by molar-refractivity contribution is 0.150. The molecular formula is C19H25NO2. The van der Waals surface area contributed by atoms with E-state index in [2.05, 4.69) is 17.4 Å². The highest BCUT2D eigenvalue weighted by Crippen LogP contribution is 2.23. The van der Waals surface area contributed by atoms with Gasteiger partial charge in [-0.1, -0.05) is 54.6 Å². The zero-order valence-electron chi connectivity index (χ0n) is 13.3. The second kappa shape index (κ2) is 7.54. The minimum absolute atomic E-state index is 0.0782. The summed E-state index contributed by atoms with van der Waals surface area (Å²) >= 11 is 0. The van der Waals surface area contributed by atoms with Crippen molar-refractivity contribution >= 4 is 0 Å². The van der Waals surface area contributed by atoms with E-state index in [9.17, 15) is 10.2 Å². The summed E-state index contributed by atoms with van der Waals surface area (Å²) in [5.74, 6) is 0. The average Bonchev–Trinajstić information content (AvgIpc) is 2.55. The maximum absolute atomic E-state index is 10.2. The van der Waals surface area contributed by atoms with Crippen molar-refractivity contribution in [1.29, 1.82) is 0 Å². The summed E-state index contributed by atoms with van der Waals surface area (Å²) < 4.78 is 0. The highest BCUT2D eigenvalue weighted by atomic mass is 16.3. The Morgan fingerprint density at radius 3 is 2.14 bits per heavy atom. The highest BCUT2D eigenvalue weighted by molar-refractivity contribution is 5.63. The Balaban J connectivity index is 1.93. The van der Waals surface area contributed by atoms with Crippen molar-refractivity contribution in [2.24, 2.45) is 0 Å². The van der Waals surface area contributed by atoms with E-state index in [1.807, 2.05) is 56.3 Å². The number of hydrogen-bond acceptors (Lipinski definition) is 3. The fourth-order valence-corrected chi connectivity index (χ4v) is 2.30. The van der Waals surface area contributed by atoms with Crippen LogP contribution in [0.15, 0.2) is 54.6 Å². The van der Waals surface area contributed by atoms with Gasteiger partial charge in [-0.2, -0.15) is 0 Å². The van der Waals surface area contributed by atoms with Crippen LogP contribution < -0.4 is 5.32 Å². The van der Waals surface area contributed by atoms with E-state index in [0.29, 0.717) is 13.0 Å². The van der Waals surface area contributed by atoms with Gasteiger partial charge in [0.15, 0.2) is 0 Å². The van der Waals surface area contributed by atoms with Crippen LogP contribution in [0.25, 0.3) is 11.1 Å². The first-order chi connectivity index (χ1) is 10.5. The van der Waals surface area contributed by atoms with Crippen LogP contribution in [-0.4, -0.2) is 28.9 Å². The van der Waals surface area contributed by atoms with Gasteiger partial charge in [0, 0.05) is 5.54 Å². The van der Waals surface area contributed by atoms with Crippen molar-refractivity contribution in [3.05, 3.63) is 60.2 Å². The molecule has 1 atom stereocenters. The standard InChI is InChI=1S/C19H25NO2/c1-19(2,14-21)20-13-12-18(22)17-10-8-16(9-11-17)15-6-4-3-5-7-15/h3-11,18,20-22H,12-14H2,1-2H3. The lowest BCUT2D eigenvalue weighted by Crippen LogP contribution is -2.43. The molecule has 1 unspecified atom stereocenters. The molecule has 2 aromatic carbocycles. The molecule has 0 aliphatic heterocycles. The Hall–Kier alpha value is -1.68. The molecule has 3 N–H and O–H groups in total. The Labute approximate surface area is 132 Å². The largest absolute Gasteiger partial charge is 0.394 e. The molecular weight excluding hydrogens is 274 g/mol. The lowest BCUT2D eigenvalue weighted by atomic mass is 10.0. The van der Waals surface area contributed by atoms with Gasteiger partial charge in [-0.05, 0) is 43.5 Å². The van der Waals surface area contributed by atoms with Crippen LogP contribution >= 0.6 is 0 Å². The van der Waals surface area contributed by atoms with Crippen molar-refractivity contribution in [2.75, 3.05) is 13.2 Å². The molecule has 3 nitrogen and oxygen atoms in total. The summed E-state index contributed by atoms with van der Waals surface area (Å²) in [5, 5.41) is 22.7. The summed E-state index contributed by atoms with van der Waals surface area (Å²) in [7, 11) is 0. The molecule has 2 aromatic rings. The molecule has 2 rings (SSSR count). The van der Waals surface area contributed by atoms with E-state index in [0.717, 1.165) is 11.1 Å². The molecule has 0 aliphatic rings. The predicted octanol–water partition coefficient (Wildman–Crippen LogP) is 3.14. The zero-order valence-corrected chi connectivity index (χ0v) is 13.3. The summed E-state index contributed by atoms with van der Waals surface area (Å²) in [6.07, 6.45) is 0.125. The Morgan fingerprint density at radius 2 is 1.55 bits per heavy atom. The van der Waals surface area contributed by atoms with Crippen molar-refractivity contribution in [3.8, 4) is 11.1 Å². The topological polar surface area (TPSA) is 52.5 Å². The number of hydrogen-bond donors (Lipinski definition) is 3. The van der Waals surface area contributed by atoms with E-state index in [1.54, 1.807) is 0 Å². The van der Waals surface area contributed by atoms with Gasteiger partial charge in [0.1, 0.15) is 0 Å². The summed E-state index contributed by atoms with van der Waals surface area (Å²) in [4.78, 5) is 0. The van der Waals surface area contributed by atoms with Crippen LogP contribution in [-0.2, 0) is 0 Å². The van der Waals surface area contributed by atoms with Crippen LogP contribution in [0.4, 0.5) is 0 Å². The number of rotatable bonds is 7. The Kier molecular flexibility index (Phi) is 5.72. The number of benzene rings is 2. The van der Waals surface area contributed by atoms with Gasteiger partial charge in [-0.25, -0.2) is 0 Å². The average molecular weight is 299 g/mol. The maximum atomic E-state index is 10.2. The van der Waals surface area contributed by atoms with Crippen molar-refractivity contribution in [3.63, 3.8) is 0 Å². The van der Waals surface area contributed by atoms with Crippen LogP contribution in [0.1, 0.15) is 31.9 Å². The molecule has 0 saturated heterocycles. The second-order valence-corrected chi connectivity index (χ2v) is 6.26. The van der Waals surface area contributed by atoms with Gasteiger partial charge >= 0.3 is 0 Å². The molecule has 118 valence electrons. The third kappa shape index (κ3) is 4.67. The van der Waals surface area contributed by atoms with Crippen molar-refractivity contribution < 1.29 is 10.2 Å². The lowest BCUT2D eigenvalue weighted by Gasteiger charge is -2.24. The summed E-state index contributed by atoms with van der Waals surface area (Å²) in [6.45, 7) is 4.62. The van der Waals surface area contributed by atoms with Gasteiger partial charge < -0.3 is 15.5 Å². The fraction of sp³-hybridized carbons (Fsp3) is 0.368. The molecule has 0 saturated carbocycles. The zero-order chi connectivity index (χ0) is 16.0. The van der Waals surface area contributed by atoms with Crippen molar-refractivity contribution in [1.82, 2.24) is 5.32 Å². The maximum Gasteiger partial charge on any atom is 0.0802 e. The van der Waals surface area contributed by atoms with Crippen LogP contribution in [0.3, 0.4) is 0 Å². The van der Waals surface area contributed by atoms with Gasteiger partial charge in [0.25, 0.3) is 0 Å². The number of aliphatic hydroxyl groups excluding tert-OH is 2. The van der Waals surface area contributed by atoms with Crippen LogP contribution in [0.2, 0.25) is 0 Å². The molecule has 0 spiro atoms. The fourth-order valence-electron chi connectivity index (χ4n) is 2.30. The minimum atomic E-state index is -0.494. The number of nitrogens with one attached hydrogen (secondary N) is 1. The Morgan fingerprint density at radius 1 is 0.955 bits per heavy atom. The molecule has 0 aliphatic carbocycles. The van der Waals surface area contributed by atoms with Gasteiger partial charge in [-0.15, -0.1) is 0 Å². The quantitative estimate of drug-likeness (QED) is 0.736. The molecule has 0 amide bonds. The SMILES string of the molecule is CC(C)(CO)NCCC(O)c1ccc(-c2ccccc2)cc1. The molecule has 22 heavy (non-hydrogen) atoms. The van der Waals surface area contributed by atoms with E-state index in [-0.39, 0.29) is 12.1 Å². The normalized spacial score (nSPS) is 13.1. The third-order valence-electron chi connectivity index (χ3n) is 3.82. The molecule has 0 fully saturated rings.